The Labute approximate surface area is 231 Å². The first-order chi connectivity index (χ1) is 19.5. The van der Waals surface area contributed by atoms with E-state index >= 15 is 0 Å². The summed E-state index contributed by atoms with van der Waals surface area (Å²) in [4.78, 5) is 38.2. The first kappa shape index (κ1) is 26.9. The third kappa shape index (κ3) is 5.67. The van der Waals surface area contributed by atoms with Crippen LogP contribution in [0.25, 0.3) is 22.1 Å². The van der Waals surface area contributed by atoms with Gasteiger partial charge in [0.25, 0.3) is 5.91 Å². The molecule has 5 rings (SSSR count). The van der Waals surface area contributed by atoms with E-state index in [4.69, 9.17) is 24.2 Å². The number of esters is 1. The minimum absolute atomic E-state index is 0.0700. The van der Waals surface area contributed by atoms with Crippen molar-refractivity contribution in [3.05, 3.63) is 89.5 Å². The number of aromatic nitrogens is 4. The van der Waals surface area contributed by atoms with Crippen molar-refractivity contribution in [3.8, 4) is 5.75 Å². The van der Waals surface area contributed by atoms with Crippen molar-refractivity contribution < 1.29 is 23.8 Å². The molecule has 10 heteroatoms. The second kappa shape index (κ2) is 12.0. The van der Waals surface area contributed by atoms with Gasteiger partial charge in [-0.25, -0.2) is 14.8 Å². The summed E-state index contributed by atoms with van der Waals surface area (Å²) < 4.78 is 17.9. The van der Waals surface area contributed by atoms with Crippen molar-refractivity contribution in [2.24, 2.45) is 7.05 Å². The summed E-state index contributed by atoms with van der Waals surface area (Å²) in [7, 11) is 3.48. The van der Waals surface area contributed by atoms with Crippen LogP contribution in [-0.4, -0.2) is 64.9 Å². The lowest BCUT2D eigenvalue weighted by atomic mass is 10.1. The Morgan fingerprint density at radius 1 is 0.975 bits per heavy atom. The molecule has 1 unspecified atom stereocenters. The Kier molecular flexibility index (Phi) is 8.07. The molecule has 206 valence electrons. The highest BCUT2D eigenvalue weighted by Gasteiger charge is 2.20. The number of aromatic amines is 1. The molecule has 0 aliphatic rings. The van der Waals surface area contributed by atoms with Gasteiger partial charge in [-0.2, -0.15) is 0 Å². The highest BCUT2D eigenvalue weighted by atomic mass is 16.6. The molecule has 10 nitrogen and oxygen atoms in total. The first-order valence-corrected chi connectivity index (χ1v) is 13.0. The minimum Gasteiger partial charge on any atom is -0.491 e. The molecular formula is C30H31N5O5. The molecular weight excluding hydrogens is 510 g/mol. The summed E-state index contributed by atoms with van der Waals surface area (Å²) in [6, 6.07) is 20.2. The predicted octanol–water partition coefficient (Wildman–Crippen LogP) is 4.21. The standard InChI is InChI=1S/C30H31N5O5/c1-19(27-32-22-9-5-6-10-23(22)33-27)28-34-24-13-12-20(18-25(24)35(28)2)29(36)31-14-15-39-26-11-7-4-8-21(26)30(37)40-17-16-38-3/h4-13,18-19H,14-17H2,1-3H3,(H,31,36)(H,32,33). The van der Waals surface area contributed by atoms with E-state index in [-0.39, 0.29) is 31.6 Å². The van der Waals surface area contributed by atoms with Gasteiger partial charge in [0, 0.05) is 19.7 Å². The zero-order chi connectivity index (χ0) is 28.1. The molecule has 2 N–H and O–H groups in total. The van der Waals surface area contributed by atoms with Crippen LogP contribution >= 0.6 is 0 Å². The zero-order valence-electron chi connectivity index (χ0n) is 22.6. The third-order valence-corrected chi connectivity index (χ3v) is 6.66. The van der Waals surface area contributed by atoms with Gasteiger partial charge in [0.2, 0.25) is 0 Å². The molecule has 1 atom stereocenters. The van der Waals surface area contributed by atoms with Crippen LogP contribution in [0.2, 0.25) is 0 Å². The van der Waals surface area contributed by atoms with E-state index in [0.717, 1.165) is 33.7 Å². The number of amides is 1. The second-order valence-electron chi connectivity index (χ2n) is 9.32. The Balaban J connectivity index is 1.22. The van der Waals surface area contributed by atoms with Gasteiger partial charge >= 0.3 is 5.97 Å². The quantitative estimate of drug-likeness (QED) is 0.190. The number of imidazole rings is 2. The van der Waals surface area contributed by atoms with Crippen LogP contribution in [0.15, 0.2) is 66.7 Å². The van der Waals surface area contributed by atoms with E-state index in [2.05, 4.69) is 17.2 Å². The fraction of sp³-hybridized carbons (Fsp3) is 0.267. The Morgan fingerprint density at radius 2 is 1.77 bits per heavy atom. The number of hydrogen-bond acceptors (Lipinski definition) is 7. The maximum absolute atomic E-state index is 12.9. The number of carbonyl (C=O) groups is 2. The van der Waals surface area contributed by atoms with E-state index in [1.165, 1.54) is 7.11 Å². The van der Waals surface area contributed by atoms with E-state index < -0.39 is 5.97 Å². The van der Waals surface area contributed by atoms with Gasteiger partial charge < -0.3 is 29.1 Å². The maximum atomic E-state index is 12.9. The number of methoxy groups -OCH3 is 1. The third-order valence-electron chi connectivity index (χ3n) is 6.66. The van der Waals surface area contributed by atoms with Crippen LogP contribution in [0, 0.1) is 0 Å². The predicted molar refractivity (Wildman–Crippen MR) is 151 cm³/mol. The van der Waals surface area contributed by atoms with Crippen LogP contribution in [-0.2, 0) is 16.5 Å². The number of carbonyl (C=O) groups excluding carboxylic acids is 2. The molecule has 0 bridgehead atoms. The van der Waals surface area contributed by atoms with Gasteiger partial charge in [0.05, 0.1) is 41.1 Å². The fourth-order valence-corrected chi connectivity index (χ4v) is 4.52. The fourth-order valence-electron chi connectivity index (χ4n) is 4.52. The van der Waals surface area contributed by atoms with E-state index in [0.29, 0.717) is 23.5 Å². The molecule has 0 fully saturated rings. The Bertz CT molecular complexity index is 1620. The number of nitrogens with one attached hydrogen (secondary N) is 2. The summed E-state index contributed by atoms with van der Waals surface area (Å²) in [6.07, 6.45) is 0. The van der Waals surface area contributed by atoms with Gasteiger partial charge in [-0.15, -0.1) is 0 Å². The number of fused-ring (bicyclic) bond motifs is 2. The van der Waals surface area contributed by atoms with Crippen LogP contribution < -0.4 is 10.1 Å². The number of benzene rings is 3. The van der Waals surface area contributed by atoms with Crippen molar-refractivity contribution in [1.82, 2.24) is 24.8 Å². The molecule has 2 heterocycles. The Morgan fingerprint density at radius 3 is 2.60 bits per heavy atom. The minimum atomic E-state index is -0.491. The summed E-state index contributed by atoms with van der Waals surface area (Å²) in [5.41, 5.74) is 4.38. The molecule has 0 saturated heterocycles. The largest absolute Gasteiger partial charge is 0.491 e. The lowest BCUT2D eigenvalue weighted by Crippen LogP contribution is -2.28. The van der Waals surface area contributed by atoms with Gasteiger partial charge in [0.1, 0.15) is 36.2 Å². The molecule has 0 spiro atoms. The first-order valence-electron chi connectivity index (χ1n) is 13.0. The van der Waals surface area contributed by atoms with Crippen LogP contribution in [0.1, 0.15) is 45.2 Å². The van der Waals surface area contributed by atoms with E-state index in [1.54, 1.807) is 30.3 Å². The van der Waals surface area contributed by atoms with Gasteiger partial charge in [-0.05, 0) is 49.4 Å². The lowest BCUT2D eigenvalue weighted by molar-refractivity contribution is 0.0383. The SMILES string of the molecule is COCCOC(=O)c1ccccc1OCCNC(=O)c1ccc2nc(C(C)c3nc4ccccc4[nH]3)n(C)c2c1. The average Bonchev–Trinajstić information content (AvgIpc) is 3.56. The Hall–Kier alpha value is -4.70. The van der Waals surface area contributed by atoms with E-state index in [1.807, 2.05) is 48.0 Å². The van der Waals surface area contributed by atoms with Gasteiger partial charge in [0.15, 0.2) is 0 Å². The summed E-state index contributed by atoms with van der Waals surface area (Å²) in [5, 5.41) is 2.87. The molecule has 1 amide bonds. The molecule has 0 aliphatic carbocycles. The van der Waals surface area contributed by atoms with Crippen molar-refractivity contribution in [2.45, 2.75) is 12.8 Å². The zero-order valence-corrected chi connectivity index (χ0v) is 22.6. The number of hydrogen-bond donors (Lipinski definition) is 2. The van der Waals surface area contributed by atoms with Crippen molar-refractivity contribution >= 4 is 33.9 Å². The number of para-hydroxylation sites is 3. The summed E-state index contributed by atoms with van der Waals surface area (Å²) in [6.45, 7) is 2.96. The van der Waals surface area contributed by atoms with Gasteiger partial charge in [-0.1, -0.05) is 24.3 Å². The molecule has 40 heavy (non-hydrogen) atoms. The normalized spacial score (nSPS) is 12.0. The monoisotopic (exact) mass is 541 g/mol. The summed E-state index contributed by atoms with van der Waals surface area (Å²) in [5.74, 6) is 1.28. The smallest absolute Gasteiger partial charge is 0.342 e. The van der Waals surface area contributed by atoms with Crippen LogP contribution in [0.5, 0.6) is 5.75 Å². The van der Waals surface area contributed by atoms with Gasteiger partial charge in [-0.3, -0.25) is 4.79 Å². The molecule has 5 aromatic rings. The van der Waals surface area contributed by atoms with Crippen LogP contribution in [0.4, 0.5) is 0 Å². The van der Waals surface area contributed by atoms with Crippen molar-refractivity contribution in [1.29, 1.82) is 0 Å². The van der Waals surface area contributed by atoms with Crippen molar-refractivity contribution in [2.75, 3.05) is 33.5 Å². The molecule has 0 saturated carbocycles. The number of rotatable bonds is 11. The highest BCUT2D eigenvalue weighted by Crippen LogP contribution is 2.27. The number of H-pyrrole nitrogens is 1. The molecule has 2 aromatic heterocycles. The maximum Gasteiger partial charge on any atom is 0.342 e. The van der Waals surface area contributed by atoms with Crippen molar-refractivity contribution in [3.63, 3.8) is 0 Å². The number of aryl methyl sites for hydroxylation is 1. The molecule has 0 aliphatic heterocycles. The van der Waals surface area contributed by atoms with Crippen LogP contribution in [0.3, 0.4) is 0 Å². The molecule has 0 radical (unpaired) electrons. The summed E-state index contributed by atoms with van der Waals surface area (Å²) >= 11 is 0. The number of ether oxygens (including phenoxy) is 3. The number of nitrogens with zero attached hydrogens (tertiary/aromatic N) is 3. The molecule has 3 aromatic carbocycles. The topological polar surface area (TPSA) is 120 Å². The second-order valence-corrected chi connectivity index (χ2v) is 9.32. The van der Waals surface area contributed by atoms with E-state index in [9.17, 15) is 9.59 Å². The average molecular weight is 542 g/mol. The lowest BCUT2D eigenvalue weighted by Gasteiger charge is -2.12. The highest BCUT2D eigenvalue weighted by molar-refractivity contribution is 5.97.